The third-order valence-electron chi connectivity index (χ3n) is 4.11. The first kappa shape index (κ1) is 12.3. The molecule has 0 radical (unpaired) electrons. The number of carbonyl (C=O) groups is 1. The molecule has 3 rings (SSSR count). The third-order valence-corrected chi connectivity index (χ3v) is 4.11. The van der Waals surface area contributed by atoms with Gasteiger partial charge < -0.3 is 0 Å². The van der Waals surface area contributed by atoms with Gasteiger partial charge in [0.25, 0.3) is 0 Å². The molecule has 0 saturated heterocycles. The van der Waals surface area contributed by atoms with Gasteiger partial charge in [-0.1, -0.05) is 50.3 Å². The molecule has 98 valence electrons. The standard InChI is InChI=1S/C17H19NO/c19-17(10-13-6-2-1-3-7-13)15-11-14-8-4-5-9-16(14)18-12-15/h4-5,8-9,11-13H,1-3,6-7,10H2. The summed E-state index contributed by atoms with van der Waals surface area (Å²) in [5, 5.41) is 1.05. The Labute approximate surface area is 113 Å². The van der Waals surface area contributed by atoms with Crippen LogP contribution in [-0.2, 0) is 0 Å². The number of hydrogen-bond acceptors (Lipinski definition) is 2. The van der Waals surface area contributed by atoms with Crippen LogP contribution in [0.5, 0.6) is 0 Å². The first-order chi connectivity index (χ1) is 9.33. The topological polar surface area (TPSA) is 30.0 Å². The first-order valence-corrected chi connectivity index (χ1v) is 7.21. The molecule has 0 unspecified atom stereocenters. The van der Waals surface area contributed by atoms with Crippen molar-refractivity contribution < 1.29 is 4.79 Å². The average Bonchev–Trinajstić information content (AvgIpc) is 2.48. The number of ketones is 1. The van der Waals surface area contributed by atoms with E-state index in [2.05, 4.69) is 4.98 Å². The van der Waals surface area contributed by atoms with Gasteiger partial charge in [-0.25, -0.2) is 0 Å². The molecule has 2 nitrogen and oxygen atoms in total. The van der Waals surface area contributed by atoms with Gasteiger partial charge in [0.2, 0.25) is 0 Å². The summed E-state index contributed by atoms with van der Waals surface area (Å²) < 4.78 is 0. The zero-order valence-corrected chi connectivity index (χ0v) is 11.1. The first-order valence-electron chi connectivity index (χ1n) is 7.21. The molecule has 1 saturated carbocycles. The molecule has 1 fully saturated rings. The fourth-order valence-corrected chi connectivity index (χ4v) is 2.99. The molecule has 0 bridgehead atoms. The monoisotopic (exact) mass is 253 g/mol. The summed E-state index contributed by atoms with van der Waals surface area (Å²) >= 11 is 0. The number of aromatic nitrogens is 1. The van der Waals surface area contributed by atoms with Crippen LogP contribution in [-0.4, -0.2) is 10.8 Å². The molecule has 0 N–H and O–H groups in total. The highest BCUT2D eigenvalue weighted by Crippen LogP contribution is 2.27. The van der Waals surface area contributed by atoms with Gasteiger partial charge in [-0.15, -0.1) is 0 Å². The quantitative estimate of drug-likeness (QED) is 0.759. The molecule has 1 aliphatic rings. The fourth-order valence-electron chi connectivity index (χ4n) is 2.99. The van der Waals surface area contributed by atoms with E-state index in [1.165, 1.54) is 32.1 Å². The second-order valence-corrected chi connectivity index (χ2v) is 5.55. The lowest BCUT2D eigenvalue weighted by molar-refractivity contribution is 0.0950. The minimum absolute atomic E-state index is 0.255. The highest BCUT2D eigenvalue weighted by atomic mass is 16.1. The molecule has 0 spiro atoms. The minimum Gasteiger partial charge on any atom is -0.294 e. The van der Waals surface area contributed by atoms with Crippen LogP contribution >= 0.6 is 0 Å². The molecule has 0 amide bonds. The summed E-state index contributed by atoms with van der Waals surface area (Å²) in [7, 11) is 0. The predicted molar refractivity (Wildman–Crippen MR) is 77.3 cm³/mol. The summed E-state index contributed by atoms with van der Waals surface area (Å²) in [6, 6.07) is 9.93. The van der Waals surface area contributed by atoms with E-state index >= 15 is 0 Å². The molecular weight excluding hydrogens is 234 g/mol. The van der Waals surface area contributed by atoms with Crippen molar-refractivity contribution in [2.45, 2.75) is 38.5 Å². The third kappa shape index (κ3) is 2.83. The summed E-state index contributed by atoms with van der Waals surface area (Å²) in [5.74, 6) is 0.845. The largest absolute Gasteiger partial charge is 0.294 e. The lowest BCUT2D eigenvalue weighted by Crippen LogP contribution is -2.12. The number of pyridine rings is 1. The van der Waals surface area contributed by atoms with Crippen molar-refractivity contribution in [2.24, 2.45) is 5.92 Å². The van der Waals surface area contributed by atoms with Gasteiger partial charge >= 0.3 is 0 Å². The molecule has 2 aromatic rings. The van der Waals surface area contributed by atoms with Gasteiger partial charge in [0.05, 0.1) is 5.52 Å². The van der Waals surface area contributed by atoms with Crippen LogP contribution in [0.1, 0.15) is 48.9 Å². The molecular formula is C17H19NO. The summed E-state index contributed by atoms with van der Waals surface area (Å²) in [5.41, 5.74) is 1.72. The van der Waals surface area contributed by atoms with Crippen molar-refractivity contribution in [1.29, 1.82) is 0 Å². The Morgan fingerprint density at radius 3 is 2.79 bits per heavy atom. The van der Waals surface area contributed by atoms with Crippen LogP contribution in [0.3, 0.4) is 0 Å². The summed E-state index contributed by atoms with van der Waals surface area (Å²) in [6.07, 6.45) is 8.76. The molecule has 2 heteroatoms. The summed E-state index contributed by atoms with van der Waals surface area (Å²) in [4.78, 5) is 16.7. The lowest BCUT2D eigenvalue weighted by Gasteiger charge is -2.20. The van der Waals surface area contributed by atoms with Crippen molar-refractivity contribution in [1.82, 2.24) is 4.98 Å². The van der Waals surface area contributed by atoms with Crippen LogP contribution in [0.4, 0.5) is 0 Å². The highest BCUT2D eigenvalue weighted by Gasteiger charge is 2.18. The van der Waals surface area contributed by atoms with E-state index in [-0.39, 0.29) is 5.78 Å². The second kappa shape index (κ2) is 5.52. The number of benzene rings is 1. The van der Waals surface area contributed by atoms with E-state index in [9.17, 15) is 4.79 Å². The van der Waals surface area contributed by atoms with E-state index in [4.69, 9.17) is 0 Å². The second-order valence-electron chi connectivity index (χ2n) is 5.55. The van der Waals surface area contributed by atoms with Gasteiger partial charge in [0.1, 0.15) is 0 Å². The normalized spacial score (nSPS) is 16.6. The number of hydrogen-bond donors (Lipinski definition) is 0. The van der Waals surface area contributed by atoms with Gasteiger partial charge in [0, 0.05) is 23.6 Å². The van der Waals surface area contributed by atoms with E-state index in [1.54, 1.807) is 6.20 Å². The molecule has 1 aromatic heterocycles. The number of rotatable bonds is 3. The average molecular weight is 253 g/mol. The predicted octanol–water partition coefficient (Wildman–Crippen LogP) is 4.39. The molecule has 0 atom stereocenters. The van der Waals surface area contributed by atoms with Gasteiger partial charge in [-0.3, -0.25) is 9.78 Å². The number of para-hydroxylation sites is 1. The molecule has 0 aliphatic heterocycles. The Kier molecular flexibility index (Phi) is 3.58. The van der Waals surface area contributed by atoms with E-state index in [1.807, 2.05) is 30.3 Å². The SMILES string of the molecule is O=C(CC1CCCCC1)c1cnc2ccccc2c1. The molecule has 1 aromatic carbocycles. The Balaban J connectivity index is 1.77. The van der Waals surface area contributed by atoms with E-state index in [0.717, 1.165) is 16.5 Å². The fraction of sp³-hybridized carbons (Fsp3) is 0.412. The molecule has 1 heterocycles. The zero-order chi connectivity index (χ0) is 13.1. The smallest absolute Gasteiger partial charge is 0.164 e. The van der Waals surface area contributed by atoms with Crippen LogP contribution < -0.4 is 0 Å². The van der Waals surface area contributed by atoms with Crippen molar-refractivity contribution in [3.63, 3.8) is 0 Å². The summed E-state index contributed by atoms with van der Waals surface area (Å²) in [6.45, 7) is 0. The number of carbonyl (C=O) groups excluding carboxylic acids is 1. The minimum atomic E-state index is 0.255. The van der Waals surface area contributed by atoms with Crippen LogP contribution in [0.2, 0.25) is 0 Å². The molecule has 19 heavy (non-hydrogen) atoms. The van der Waals surface area contributed by atoms with Crippen molar-refractivity contribution in [3.05, 3.63) is 42.1 Å². The maximum atomic E-state index is 12.3. The number of nitrogens with zero attached hydrogens (tertiary/aromatic N) is 1. The molecule has 1 aliphatic carbocycles. The van der Waals surface area contributed by atoms with Gasteiger partial charge in [-0.2, -0.15) is 0 Å². The van der Waals surface area contributed by atoms with Crippen molar-refractivity contribution >= 4 is 16.7 Å². The lowest BCUT2D eigenvalue weighted by atomic mass is 9.85. The van der Waals surface area contributed by atoms with Crippen molar-refractivity contribution in [3.8, 4) is 0 Å². The van der Waals surface area contributed by atoms with Crippen LogP contribution in [0.15, 0.2) is 36.5 Å². The number of Topliss-reactive ketones (excluding diaryl/α,β-unsaturated/α-hetero) is 1. The highest BCUT2D eigenvalue weighted by molar-refractivity contribution is 5.98. The van der Waals surface area contributed by atoms with Gasteiger partial charge in [-0.05, 0) is 18.1 Å². The Morgan fingerprint density at radius 1 is 1.16 bits per heavy atom. The maximum Gasteiger partial charge on any atom is 0.164 e. The number of fused-ring (bicyclic) bond motifs is 1. The van der Waals surface area contributed by atoms with Gasteiger partial charge in [0.15, 0.2) is 5.78 Å². The Hall–Kier alpha value is -1.70. The van der Waals surface area contributed by atoms with Crippen molar-refractivity contribution in [2.75, 3.05) is 0 Å². The zero-order valence-electron chi connectivity index (χ0n) is 11.1. The van der Waals surface area contributed by atoms with Crippen LogP contribution in [0, 0.1) is 5.92 Å². The van der Waals surface area contributed by atoms with Crippen LogP contribution in [0.25, 0.3) is 10.9 Å². The Bertz CT molecular complexity index is 585. The maximum absolute atomic E-state index is 12.3. The van der Waals surface area contributed by atoms with E-state index < -0.39 is 0 Å². The van der Waals surface area contributed by atoms with E-state index in [0.29, 0.717) is 12.3 Å². The Morgan fingerprint density at radius 2 is 1.95 bits per heavy atom.